The maximum Gasteiger partial charge on any atom is 0.241 e. The van der Waals surface area contributed by atoms with Crippen LogP contribution in [0.3, 0.4) is 0 Å². The molecule has 20 heavy (non-hydrogen) atoms. The molecular weight excluding hydrogens is 430 g/mol. The minimum absolute atomic E-state index is 0.194. The minimum Gasteiger partial charge on any atom is -0.260 e. The van der Waals surface area contributed by atoms with Crippen LogP contribution in [0.2, 0.25) is 0 Å². The Morgan fingerprint density at radius 2 is 1.90 bits per heavy atom. The third-order valence-corrected chi connectivity index (χ3v) is 6.91. The van der Waals surface area contributed by atoms with Crippen LogP contribution in [0.4, 0.5) is 0 Å². The fourth-order valence-electron chi connectivity index (χ4n) is 1.56. The molecule has 0 aliphatic rings. The maximum atomic E-state index is 12.3. The summed E-state index contributed by atoms with van der Waals surface area (Å²) in [6.45, 7) is 3.65. The summed E-state index contributed by atoms with van der Waals surface area (Å²) in [4.78, 5) is 0.194. The SMILES string of the molecule is Cc1cc(Br)c(S(=O)(=O)NC(C)CCS(C)=O)cc1Br. The van der Waals surface area contributed by atoms with Gasteiger partial charge in [0.2, 0.25) is 10.0 Å². The summed E-state index contributed by atoms with van der Waals surface area (Å²) in [5.41, 5.74) is 0.949. The second-order valence-corrected chi connectivity index (χ2v) is 9.57. The zero-order valence-electron chi connectivity index (χ0n) is 11.4. The van der Waals surface area contributed by atoms with Gasteiger partial charge in [-0.25, -0.2) is 13.1 Å². The van der Waals surface area contributed by atoms with E-state index in [0.717, 1.165) is 10.0 Å². The number of sulfonamides is 1. The molecule has 8 heteroatoms. The fourth-order valence-corrected chi connectivity index (χ4v) is 5.20. The molecular formula is C12H17Br2NO3S2. The van der Waals surface area contributed by atoms with Crippen molar-refractivity contribution in [2.24, 2.45) is 0 Å². The molecule has 0 aromatic heterocycles. The number of nitrogens with one attached hydrogen (secondary N) is 1. The Morgan fingerprint density at radius 1 is 1.30 bits per heavy atom. The van der Waals surface area contributed by atoms with Gasteiger partial charge in [0.15, 0.2) is 0 Å². The minimum atomic E-state index is -3.60. The molecule has 0 aliphatic carbocycles. The van der Waals surface area contributed by atoms with Crippen LogP contribution < -0.4 is 4.72 Å². The molecule has 1 N–H and O–H groups in total. The Labute approximate surface area is 139 Å². The summed E-state index contributed by atoms with van der Waals surface area (Å²) < 4.78 is 39.6. The molecule has 0 saturated carbocycles. The number of halogens is 2. The molecule has 0 spiro atoms. The van der Waals surface area contributed by atoms with Gasteiger partial charge in [0.25, 0.3) is 0 Å². The van der Waals surface area contributed by atoms with Crippen molar-refractivity contribution in [1.82, 2.24) is 4.72 Å². The summed E-state index contributed by atoms with van der Waals surface area (Å²) in [5, 5.41) is 0. The Bertz CT molecular complexity index is 617. The van der Waals surface area contributed by atoms with Gasteiger partial charge in [-0.15, -0.1) is 0 Å². The van der Waals surface area contributed by atoms with E-state index in [1.54, 1.807) is 25.3 Å². The molecule has 1 rings (SSSR count). The van der Waals surface area contributed by atoms with Crippen LogP contribution >= 0.6 is 31.9 Å². The van der Waals surface area contributed by atoms with Crippen LogP contribution in [0.5, 0.6) is 0 Å². The number of benzene rings is 1. The first-order chi connectivity index (χ1) is 9.13. The van der Waals surface area contributed by atoms with Gasteiger partial charge in [0.05, 0.1) is 4.90 Å². The Kier molecular flexibility index (Phi) is 6.85. The van der Waals surface area contributed by atoms with E-state index < -0.39 is 20.8 Å². The van der Waals surface area contributed by atoms with Gasteiger partial charge in [0, 0.05) is 37.8 Å². The first-order valence-electron chi connectivity index (χ1n) is 5.91. The van der Waals surface area contributed by atoms with Gasteiger partial charge in [-0.3, -0.25) is 4.21 Å². The summed E-state index contributed by atoms with van der Waals surface area (Å²) in [7, 11) is -4.52. The largest absolute Gasteiger partial charge is 0.260 e. The molecule has 1 aromatic carbocycles. The van der Waals surface area contributed by atoms with Crippen LogP contribution in [0.15, 0.2) is 26.0 Å². The topological polar surface area (TPSA) is 63.2 Å². The van der Waals surface area contributed by atoms with E-state index in [9.17, 15) is 12.6 Å². The van der Waals surface area contributed by atoms with Crippen LogP contribution in [0.25, 0.3) is 0 Å². The predicted octanol–water partition coefficient (Wildman–Crippen LogP) is 2.96. The first-order valence-corrected chi connectivity index (χ1v) is 10.7. The average molecular weight is 447 g/mol. The van der Waals surface area contributed by atoms with Gasteiger partial charge in [-0.05, 0) is 53.9 Å². The van der Waals surface area contributed by atoms with Crippen LogP contribution in [0, 0.1) is 6.92 Å². The van der Waals surface area contributed by atoms with Crippen LogP contribution in [0.1, 0.15) is 18.9 Å². The number of aryl methyl sites for hydroxylation is 1. The van der Waals surface area contributed by atoms with Crippen molar-refractivity contribution in [3.05, 3.63) is 26.6 Å². The molecule has 0 radical (unpaired) electrons. The van der Waals surface area contributed by atoms with Crippen molar-refractivity contribution in [2.45, 2.75) is 31.2 Å². The van der Waals surface area contributed by atoms with Crippen LogP contribution in [-0.4, -0.2) is 30.7 Å². The van der Waals surface area contributed by atoms with E-state index in [0.29, 0.717) is 16.6 Å². The lowest BCUT2D eigenvalue weighted by molar-refractivity contribution is 0.555. The van der Waals surface area contributed by atoms with Gasteiger partial charge < -0.3 is 0 Å². The van der Waals surface area contributed by atoms with Crippen molar-refractivity contribution in [3.63, 3.8) is 0 Å². The second-order valence-electron chi connectivity index (χ2n) is 4.62. The van der Waals surface area contributed by atoms with Gasteiger partial charge in [-0.1, -0.05) is 15.9 Å². The number of rotatable bonds is 6. The molecule has 0 heterocycles. The highest BCUT2D eigenvalue weighted by Crippen LogP contribution is 2.28. The van der Waals surface area contributed by atoms with Crippen molar-refractivity contribution < 1.29 is 12.6 Å². The zero-order chi connectivity index (χ0) is 15.5. The van der Waals surface area contributed by atoms with E-state index >= 15 is 0 Å². The quantitative estimate of drug-likeness (QED) is 0.730. The summed E-state index contributed by atoms with van der Waals surface area (Å²) >= 11 is 6.62. The molecule has 0 saturated heterocycles. The highest BCUT2D eigenvalue weighted by Gasteiger charge is 2.21. The summed E-state index contributed by atoms with van der Waals surface area (Å²) in [5.74, 6) is 0.475. The Morgan fingerprint density at radius 3 is 2.45 bits per heavy atom. The number of hydrogen-bond donors (Lipinski definition) is 1. The lowest BCUT2D eigenvalue weighted by Gasteiger charge is -2.15. The maximum absolute atomic E-state index is 12.3. The highest BCUT2D eigenvalue weighted by molar-refractivity contribution is 9.11. The molecule has 2 unspecified atom stereocenters. The van der Waals surface area contributed by atoms with E-state index in [-0.39, 0.29) is 10.9 Å². The Hall–Kier alpha value is 0.240. The molecule has 0 fully saturated rings. The van der Waals surface area contributed by atoms with Crippen molar-refractivity contribution in [3.8, 4) is 0 Å². The highest BCUT2D eigenvalue weighted by atomic mass is 79.9. The second kappa shape index (κ2) is 7.49. The van der Waals surface area contributed by atoms with Crippen molar-refractivity contribution in [1.29, 1.82) is 0 Å². The number of hydrogen-bond acceptors (Lipinski definition) is 3. The van der Waals surface area contributed by atoms with E-state index in [1.165, 1.54) is 0 Å². The standard InChI is InChI=1S/C12H17Br2NO3S2/c1-8-6-11(14)12(7-10(8)13)20(17,18)15-9(2)4-5-19(3)16/h6-7,9,15H,4-5H2,1-3H3. The molecule has 4 nitrogen and oxygen atoms in total. The van der Waals surface area contributed by atoms with Gasteiger partial charge in [0.1, 0.15) is 0 Å². The van der Waals surface area contributed by atoms with E-state index in [2.05, 4.69) is 36.6 Å². The first kappa shape index (κ1) is 18.3. The summed E-state index contributed by atoms with van der Waals surface area (Å²) in [6, 6.07) is 3.06. The third kappa shape index (κ3) is 5.22. The molecule has 2 atom stereocenters. The van der Waals surface area contributed by atoms with Gasteiger partial charge >= 0.3 is 0 Å². The monoisotopic (exact) mass is 445 g/mol. The summed E-state index contributed by atoms with van der Waals surface area (Å²) in [6.07, 6.45) is 2.14. The Balaban J connectivity index is 2.94. The van der Waals surface area contributed by atoms with Gasteiger partial charge in [-0.2, -0.15) is 0 Å². The molecule has 0 amide bonds. The fraction of sp³-hybridized carbons (Fsp3) is 0.500. The lowest BCUT2D eigenvalue weighted by atomic mass is 10.2. The zero-order valence-corrected chi connectivity index (χ0v) is 16.2. The molecule has 0 aliphatic heterocycles. The average Bonchev–Trinajstić information content (AvgIpc) is 2.30. The van der Waals surface area contributed by atoms with E-state index in [4.69, 9.17) is 0 Å². The van der Waals surface area contributed by atoms with Crippen molar-refractivity contribution >= 4 is 52.7 Å². The molecule has 1 aromatic rings. The molecule has 0 bridgehead atoms. The van der Waals surface area contributed by atoms with Crippen molar-refractivity contribution in [2.75, 3.05) is 12.0 Å². The smallest absolute Gasteiger partial charge is 0.241 e. The molecule has 114 valence electrons. The van der Waals surface area contributed by atoms with Crippen LogP contribution in [-0.2, 0) is 20.8 Å². The predicted molar refractivity (Wildman–Crippen MR) is 89.9 cm³/mol. The van der Waals surface area contributed by atoms with E-state index in [1.807, 2.05) is 6.92 Å². The third-order valence-electron chi connectivity index (χ3n) is 2.70. The lowest BCUT2D eigenvalue weighted by Crippen LogP contribution is -2.33. The normalized spacial score (nSPS) is 15.1.